The van der Waals surface area contributed by atoms with Gasteiger partial charge in [-0.1, -0.05) is 72.9 Å². The minimum Gasteiger partial charge on any atom is -0.448 e. The highest BCUT2D eigenvalue weighted by atomic mass is 32.2. The van der Waals surface area contributed by atoms with Crippen LogP contribution in [0.1, 0.15) is 23.1 Å². The van der Waals surface area contributed by atoms with Crippen LogP contribution in [0.3, 0.4) is 0 Å². The van der Waals surface area contributed by atoms with E-state index >= 15 is 0 Å². The van der Waals surface area contributed by atoms with E-state index in [1.165, 1.54) is 7.05 Å². The number of thioether (sulfide) groups is 1. The fraction of sp³-hybridized carbons (Fsp3) is 0.192. The van der Waals surface area contributed by atoms with Crippen LogP contribution < -0.4 is 22.2 Å². The van der Waals surface area contributed by atoms with Gasteiger partial charge in [-0.15, -0.1) is 11.8 Å². The Morgan fingerprint density at radius 1 is 1.18 bits per heavy atom. The summed E-state index contributed by atoms with van der Waals surface area (Å²) in [6.07, 6.45) is -0.522. The van der Waals surface area contributed by atoms with Crippen molar-refractivity contribution in [1.82, 2.24) is 25.0 Å². The predicted octanol–water partition coefficient (Wildman–Crippen LogP) is 0.0896. The van der Waals surface area contributed by atoms with Crippen LogP contribution in [0.4, 0.5) is 0 Å². The number of rotatable bonds is 8. The van der Waals surface area contributed by atoms with E-state index in [4.69, 9.17) is 22.7 Å². The van der Waals surface area contributed by atoms with Crippen molar-refractivity contribution in [2.45, 2.75) is 17.1 Å². The molecule has 2 amide bonds. The number of aromatic nitrogens is 3. The third-order valence-electron chi connectivity index (χ3n) is 6.59. The summed E-state index contributed by atoms with van der Waals surface area (Å²) in [6, 6.07) is 18.1. The van der Waals surface area contributed by atoms with Crippen molar-refractivity contribution in [3.63, 3.8) is 0 Å². The normalized spacial score (nSPS) is 20.0. The molecule has 14 heteroatoms. The molecule has 3 heterocycles. The quantitative estimate of drug-likeness (QED) is 0.0633. The SMILES string of the molecule is Cn1c(C(=S)C2=C(C(=O)OC(c3ccccc3)c3ccccc3)N3C(=O)[C@](N)(NC=O)[C@@H]3SC2)n[nH]c(=O)c1=O. The fourth-order valence-corrected chi connectivity index (χ4v) is 6.37. The molecule has 0 radical (unpaired) electrons. The first-order valence-corrected chi connectivity index (χ1v) is 13.3. The van der Waals surface area contributed by atoms with Gasteiger partial charge in [0, 0.05) is 18.4 Å². The van der Waals surface area contributed by atoms with Gasteiger partial charge in [0.05, 0.1) is 4.86 Å². The Bertz CT molecular complexity index is 1630. The Morgan fingerprint density at radius 3 is 2.35 bits per heavy atom. The Balaban J connectivity index is 1.62. The second kappa shape index (κ2) is 10.6. The van der Waals surface area contributed by atoms with Crippen LogP contribution in [0.25, 0.3) is 0 Å². The number of thiocarbonyl (C=S) groups is 1. The maximum Gasteiger partial charge on any atom is 0.356 e. The minimum absolute atomic E-state index is 0.0459. The highest BCUT2D eigenvalue weighted by Crippen LogP contribution is 2.45. The molecule has 4 N–H and O–H groups in total. The lowest BCUT2D eigenvalue weighted by molar-refractivity contribution is -0.160. The molecule has 1 saturated heterocycles. The number of fused-ring (bicyclic) bond motifs is 1. The van der Waals surface area contributed by atoms with Gasteiger partial charge in [0.1, 0.15) is 11.1 Å². The maximum atomic E-state index is 14.0. The molecule has 3 aromatic rings. The van der Waals surface area contributed by atoms with Gasteiger partial charge in [0.25, 0.3) is 5.91 Å². The van der Waals surface area contributed by atoms with E-state index < -0.39 is 40.1 Å². The summed E-state index contributed by atoms with van der Waals surface area (Å²) >= 11 is 6.79. The number of carbonyl (C=O) groups is 3. The van der Waals surface area contributed by atoms with Crippen LogP contribution in [0.2, 0.25) is 0 Å². The third-order valence-corrected chi connectivity index (χ3v) is 8.37. The van der Waals surface area contributed by atoms with Crippen LogP contribution >= 0.6 is 24.0 Å². The molecule has 2 aliphatic rings. The number of hydrogen-bond acceptors (Lipinski definition) is 10. The average molecular weight is 579 g/mol. The zero-order chi connectivity index (χ0) is 28.6. The maximum absolute atomic E-state index is 14.0. The van der Waals surface area contributed by atoms with Crippen LogP contribution in [0.15, 0.2) is 81.5 Å². The first-order chi connectivity index (χ1) is 19.2. The number of ether oxygens (including phenoxy) is 1. The highest BCUT2D eigenvalue weighted by Gasteiger charge is 2.63. The Labute approximate surface area is 236 Å². The van der Waals surface area contributed by atoms with Crippen molar-refractivity contribution >= 4 is 47.1 Å². The standard InChI is InChI=1S/C26H22N6O6S2/c1-31-20(29-30-21(34)22(31)35)19(39)16-12-40-25-26(27,28-13-33)24(37)32(25)17(16)23(36)38-18(14-8-4-2-5-9-14)15-10-6-3-7-11-15/h2-11,13,18,25H,12,27H2,1H3,(H,28,33)(H,30,34)/t25-,26-/m0/s1. The summed E-state index contributed by atoms with van der Waals surface area (Å²) in [5.74, 6) is -1.65. The summed E-state index contributed by atoms with van der Waals surface area (Å²) in [5, 5.41) is 7.51. The van der Waals surface area contributed by atoms with Crippen molar-refractivity contribution in [1.29, 1.82) is 0 Å². The molecule has 5 rings (SSSR count). The van der Waals surface area contributed by atoms with E-state index in [0.29, 0.717) is 17.5 Å². The Morgan fingerprint density at radius 2 is 1.77 bits per heavy atom. The number of nitrogens with one attached hydrogen (secondary N) is 2. The van der Waals surface area contributed by atoms with Gasteiger partial charge in [-0.2, -0.15) is 5.10 Å². The molecule has 2 aromatic carbocycles. The summed E-state index contributed by atoms with van der Waals surface area (Å²) in [6.45, 7) is 0. The molecule has 1 fully saturated rings. The van der Waals surface area contributed by atoms with Crippen molar-refractivity contribution < 1.29 is 19.1 Å². The molecule has 1 aromatic heterocycles. The van der Waals surface area contributed by atoms with Gasteiger partial charge >= 0.3 is 17.1 Å². The molecular weight excluding hydrogens is 556 g/mol. The number of amides is 2. The number of H-pyrrole nitrogens is 1. The number of esters is 1. The summed E-state index contributed by atoms with van der Waals surface area (Å²) in [5.41, 5.74) is 3.96. The topological polar surface area (TPSA) is 169 Å². The average Bonchev–Trinajstić information content (AvgIpc) is 2.98. The van der Waals surface area contributed by atoms with Crippen molar-refractivity contribution in [2.24, 2.45) is 12.8 Å². The van der Waals surface area contributed by atoms with Gasteiger partial charge in [-0.3, -0.25) is 34.4 Å². The summed E-state index contributed by atoms with van der Waals surface area (Å²) in [4.78, 5) is 63.6. The fourth-order valence-electron chi connectivity index (χ4n) is 4.54. The highest BCUT2D eigenvalue weighted by molar-refractivity contribution is 8.00. The number of aromatic amines is 1. The smallest absolute Gasteiger partial charge is 0.356 e. The second-order valence-electron chi connectivity index (χ2n) is 8.97. The molecule has 0 spiro atoms. The van der Waals surface area contributed by atoms with E-state index in [-0.39, 0.29) is 27.7 Å². The third kappa shape index (κ3) is 4.45. The van der Waals surface area contributed by atoms with Crippen LogP contribution in [0.5, 0.6) is 0 Å². The van der Waals surface area contributed by atoms with E-state index in [9.17, 15) is 24.0 Å². The minimum atomic E-state index is -1.74. The van der Waals surface area contributed by atoms with Crippen molar-refractivity contribution in [3.05, 3.63) is 110 Å². The predicted molar refractivity (Wildman–Crippen MR) is 149 cm³/mol. The largest absolute Gasteiger partial charge is 0.448 e. The lowest BCUT2D eigenvalue weighted by Crippen LogP contribution is -2.83. The van der Waals surface area contributed by atoms with E-state index in [1.807, 2.05) is 12.1 Å². The van der Waals surface area contributed by atoms with Crippen LogP contribution in [0, 0.1) is 0 Å². The number of benzene rings is 2. The zero-order valence-electron chi connectivity index (χ0n) is 20.9. The summed E-state index contributed by atoms with van der Waals surface area (Å²) < 4.78 is 7.01. The van der Waals surface area contributed by atoms with E-state index in [0.717, 1.165) is 21.2 Å². The molecule has 0 bridgehead atoms. The van der Waals surface area contributed by atoms with E-state index in [2.05, 4.69) is 15.5 Å². The number of nitrogens with two attached hydrogens (primary N) is 1. The first kappa shape index (κ1) is 27.2. The van der Waals surface area contributed by atoms with Gasteiger partial charge < -0.3 is 10.1 Å². The molecule has 12 nitrogen and oxygen atoms in total. The lowest BCUT2D eigenvalue weighted by Gasteiger charge is -2.55. The van der Waals surface area contributed by atoms with Crippen molar-refractivity contribution in [2.75, 3.05) is 5.75 Å². The van der Waals surface area contributed by atoms with Gasteiger partial charge in [0.15, 0.2) is 11.9 Å². The number of nitrogens with zero attached hydrogens (tertiary/aromatic N) is 3. The monoisotopic (exact) mass is 578 g/mol. The molecule has 2 atom stereocenters. The lowest BCUT2D eigenvalue weighted by atomic mass is 9.95. The van der Waals surface area contributed by atoms with Gasteiger partial charge in [0.2, 0.25) is 12.1 Å². The second-order valence-corrected chi connectivity index (χ2v) is 10.5. The molecule has 204 valence electrons. The van der Waals surface area contributed by atoms with Crippen molar-refractivity contribution in [3.8, 4) is 0 Å². The molecule has 0 unspecified atom stereocenters. The number of β-lactam (4-membered cyclic amide) rings is 1. The molecular formula is C26H22N6O6S2. The van der Waals surface area contributed by atoms with Gasteiger partial charge in [-0.25, -0.2) is 9.89 Å². The van der Waals surface area contributed by atoms with E-state index in [1.54, 1.807) is 48.5 Å². The number of hydrogen-bond donors (Lipinski definition) is 3. The van der Waals surface area contributed by atoms with Gasteiger partial charge in [-0.05, 0) is 11.1 Å². The Hall–Kier alpha value is -4.40. The van der Waals surface area contributed by atoms with Crippen LogP contribution in [-0.2, 0) is 26.2 Å². The zero-order valence-corrected chi connectivity index (χ0v) is 22.5. The first-order valence-electron chi connectivity index (χ1n) is 11.9. The Kier molecular flexibility index (Phi) is 7.23. The molecule has 0 saturated carbocycles. The number of carbonyl (C=O) groups excluding carboxylic acids is 3. The van der Waals surface area contributed by atoms with Crippen LogP contribution in [-0.4, -0.2) is 59.6 Å². The molecule has 2 aliphatic heterocycles. The molecule has 0 aliphatic carbocycles. The summed E-state index contributed by atoms with van der Waals surface area (Å²) in [7, 11) is 1.32. The molecule has 40 heavy (non-hydrogen) atoms.